The van der Waals surface area contributed by atoms with Crippen LogP contribution in [0.1, 0.15) is 18.4 Å². The van der Waals surface area contributed by atoms with Gasteiger partial charge in [-0.2, -0.15) is 10.5 Å². The summed E-state index contributed by atoms with van der Waals surface area (Å²) in [6.45, 7) is 2.79. The number of hydrogen-bond donors (Lipinski definition) is 1. The number of anilines is 1. The van der Waals surface area contributed by atoms with Gasteiger partial charge in [-0.1, -0.05) is 0 Å². The van der Waals surface area contributed by atoms with Gasteiger partial charge < -0.3 is 10.2 Å². The van der Waals surface area contributed by atoms with Gasteiger partial charge in [-0.25, -0.2) is 0 Å². The lowest BCUT2D eigenvalue weighted by molar-refractivity contribution is 0.597. The Morgan fingerprint density at radius 2 is 2.06 bits per heavy atom. The first-order chi connectivity index (χ1) is 8.85. The fraction of sp³-hybridized carbons (Fsp3) is 0.429. The Hall–Kier alpha value is -2.04. The second kappa shape index (κ2) is 6.05. The maximum atomic E-state index is 8.91. The zero-order chi connectivity index (χ0) is 12.8. The molecule has 1 aromatic rings. The summed E-state index contributed by atoms with van der Waals surface area (Å²) in [6, 6.07) is 12.2. The first-order valence-corrected chi connectivity index (χ1v) is 6.19. The zero-order valence-corrected chi connectivity index (χ0v) is 10.3. The van der Waals surface area contributed by atoms with Crippen molar-refractivity contribution in [3.05, 3.63) is 29.8 Å². The highest BCUT2D eigenvalue weighted by molar-refractivity contribution is 5.51. The summed E-state index contributed by atoms with van der Waals surface area (Å²) in [7, 11) is 0. The van der Waals surface area contributed by atoms with Crippen LogP contribution in [0.2, 0.25) is 0 Å². The second-order valence-corrected chi connectivity index (χ2v) is 4.43. The summed E-state index contributed by atoms with van der Waals surface area (Å²) in [5, 5.41) is 21.1. The fourth-order valence-corrected chi connectivity index (χ4v) is 2.29. The summed E-state index contributed by atoms with van der Waals surface area (Å²) >= 11 is 0. The largest absolute Gasteiger partial charge is 0.366 e. The predicted molar refractivity (Wildman–Crippen MR) is 70.0 cm³/mol. The lowest BCUT2D eigenvalue weighted by atomic mass is 10.1. The van der Waals surface area contributed by atoms with Gasteiger partial charge in [-0.05, 0) is 37.2 Å². The summed E-state index contributed by atoms with van der Waals surface area (Å²) in [5.41, 5.74) is 1.77. The van der Waals surface area contributed by atoms with Gasteiger partial charge in [-0.3, -0.25) is 0 Å². The van der Waals surface area contributed by atoms with Crippen molar-refractivity contribution in [2.75, 3.05) is 24.5 Å². The van der Waals surface area contributed by atoms with Gasteiger partial charge in [0.15, 0.2) is 0 Å². The van der Waals surface area contributed by atoms with Crippen molar-refractivity contribution in [1.29, 1.82) is 10.5 Å². The molecule has 1 unspecified atom stereocenters. The summed E-state index contributed by atoms with van der Waals surface area (Å²) in [5.74, 6) is 0. The van der Waals surface area contributed by atoms with E-state index in [2.05, 4.69) is 22.4 Å². The maximum absolute atomic E-state index is 8.91. The average molecular weight is 240 g/mol. The molecule has 0 spiro atoms. The van der Waals surface area contributed by atoms with Gasteiger partial charge in [0, 0.05) is 18.8 Å². The minimum Gasteiger partial charge on any atom is -0.366 e. The molecule has 4 heteroatoms. The molecule has 1 atom stereocenters. The van der Waals surface area contributed by atoms with Gasteiger partial charge in [0.2, 0.25) is 0 Å². The molecule has 4 nitrogen and oxygen atoms in total. The number of hydrogen-bond acceptors (Lipinski definition) is 4. The summed E-state index contributed by atoms with van der Waals surface area (Å²) in [4.78, 5) is 2.27. The van der Waals surface area contributed by atoms with E-state index in [1.807, 2.05) is 24.3 Å². The number of benzene rings is 1. The van der Waals surface area contributed by atoms with Crippen LogP contribution in [0.5, 0.6) is 0 Å². The Morgan fingerprint density at radius 3 is 2.72 bits per heavy atom. The summed E-state index contributed by atoms with van der Waals surface area (Å²) in [6.07, 6.45) is 1.59. The Bertz CT molecular complexity index is 466. The van der Waals surface area contributed by atoms with E-state index in [9.17, 15) is 0 Å². The van der Waals surface area contributed by atoms with Crippen LogP contribution in [-0.4, -0.2) is 25.7 Å². The van der Waals surface area contributed by atoms with Crippen molar-refractivity contribution in [3.63, 3.8) is 0 Å². The van der Waals surface area contributed by atoms with Crippen LogP contribution < -0.4 is 10.2 Å². The van der Waals surface area contributed by atoms with Gasteiger partial charge in [0.1, 0.15) is 0 Å². The molecule has 1 aliphatic heterocycles. The van der Waals surface area contributed by atoms with Crippen molar-refractivity contribution < 1.29 is 0 Å². The van der Waals surface area contributed by atoms with E-state index in [1.165, 1.54) is 0 Å². The predicted octanol–water partition coefficient (Wildman–Crippen LogP) is 1.64. The third kappa shape index (κ3) is 2.80. The van der Waals surface area contributed by atoms with Crippen LogP contribution in [0.25, 0.3) is 0 Å². The van der Waals surface area contributed by atoms with Crippen LogP contribution in [0.4, 0.5) is 5.69 Å². The topological polar surface area (TPSA) is 62.9 Å². The molecule has 92 valence electrons. The van der Waals surface area contributed by atoms with Crippen LogP contribution >= 0.6 is 0 Å². The first kappa shape index (κ1) is 12.4. The molecule has 0 bridgehead atoms. The molecule has 0 amide bonds. The molecule has 1 N–H and O–H groups in total. The van der Waals surface area contributed by atoms with E-state index in [1.54, 1.807) is 0 Å². The average Bonchev–Trinajstić information content (AvgIpc) is 2.65. The molecule has 0 aromatic heterocycles. The Balaban J connectivity index is 2.21. The Kier molecular flexibility index (Phi) is 4.17. The molecule has 1 aromatic carbocycles. The van der Waals surface area contributed by atoms with Crippen LogP contribution in [0.3, 0.4) is 0 Å². The molecule has 1 aliphatic rings. The third-order valence-corrected chi connectivity index (χ3v) is 3.23. The Labute approximate surface area is 107 Å². The third-order valence-electron chi connectivity index (χ3n) is 3.23. The van der Waals surface area contributed by atoms with E-state index in [4.69, 9.17) is 10.5 Å². The molecule has 1 heterocycles. The normalized spacial score (nSPS) is 19.7. The number of nitrogens with one attached hydrogen (secondary N) is 1. The molecular weight excluding hydrogens is 224 g/mol. The van der Waals surface area contributed by atoms with E-state index in [-0.39, 0.29) is 6.04 Å². The highest BCUT2D eigenvalue weighted by Gasteiger charge is 2.20. The monoisotopic (exact) mass is 240 g/mol. The van der Waals surface area contributed by atoms with E-state index >= 15 is 0 Å². The minimum absolute atomic E-state index is 0.213. The van der Waals surface area contributed by atoms with E-state index in [0.717, 1.165) is 31.7 Å². The summed E-state index contributed by atoms with van der Waals surface area (Å²) < 4.78 is 0. The fourth-order valence-electron chi connectivity index (χ4n) is 2.29. The minimum atomic E-state index is 0.213. The molecular formula is C14H16N4. The van der Waals surface area contributed by atoms with Gasteiger partial charge in [-0.15, -0.1) is 0 Å². The quantitative estimate of drug-likeness (QED) is 0.853. The highest BCUT2D eigenvalue weighted by atomic mass is 15.2. The highest BCUT2D eigenvalue weighted by Crippen LogP contribution is 2.20. The number of nitrogens with zero attached hydrogens (tertiary/aromatic N) is 3. The van der Waals surface area contributed by atoms with Crippen LogP contribution in [0, 0.1) is 22.7 Å². The first-order valence-electron chi connectivity index (χ1n) is 6.19. The van der Waals surface area contributed by atoms with Gasteiger partial charge in [0.25, 0.3) is 0 Å². The number of nitriles is 2. The molecule has 0 aliphatic carbocycles. The molecule has 1 fully saturated rings. The lowest BCUT2D eigenvalue weighted by Crippen LogP contribution is -2.39. The van der Waals surface area contributed by atoms with Gasteiger partial charge >= 0.3 is 0 Å². The molecule has 0 saturated carbocycles. The van der Waals surface area contributed by atoms with E-state index in [0.29, 0.717) is 12.0 Å². The molecule has 18 heavy (non-hydrogen) atoms. The SMILES string of the molecule is N#CCC1CNCCCN1c1ccc(C#N)cc1. The molecule has 2 rings (SSSR count). The zero-order valence-electron chi connectivity index (χ0n) is 10.3. The van der Waals surface area contributed by atoms with Crippen molar-refractivity contribution in [2.45, 2.75) is 18.9 Å². The van der Waals surface area contributed by atoms with Crippen LogP contribution in [-0.2, 0) is 0 Å². The smallest absolute Gasteiger partial charge is 0.0991 e. The van der Waals surface area contributed by atoms with Crippen molar-refractivity contribution >= 4 is 5.69 Å². The van der Waals surface area contributed by atoms with E-state index < -0.39 is 0 Å². The van der Waals surface area contributed by atoms with Crippen LogP contribution in [0.15, 0.2) is 24.3 Å². The number of rotatable bonds is 2. The van der Waals surface area contributed by atoms with Gasteiger partial charge in [0.05, 0.1) is 30.2 Å². The lowest BCUT2D eigenvalue weighted by Gasteiger charge is -2.30. The van der Waals surface area contributed by atoms with Crippen molar-refractivity contribution in [2.24, 2.45) is 0 Å². The maximum Gasteiger partial charge on any atom is 0.0991 e. The molecule has 0 radical (unpaired) electrons. The standard InChI is InChI=1S/C14H16N4/c15-7-6-14-11-17-8-1-9-18(14)13-4-2-12(10-16)3-5-13/h2-5,14,17H,1,6,8-9,11H2. The molecule has 1 saturated heterocycles. The van der Waals surface area contributed by atoms with Crippen molar-refractivity contribution in [1.82, 2.24) is 5.32 Å². The Morgan fingerprint density at radius 1 is 1.28 bits per heavy atom. The second-order valence-electron chi connectivity index (χ2n) is 4.43. The van der Waals surface area contributed by atoms with Crippen molar-refractivity contribution in [3.8, 4) is 12.1 Å².